The summed E-state index contributed by atoms with van der Waals surface area (Å²) in [5.74, 6) is 0.0927. The Hall–Kier alpha value is -2.67. The first-order chi connectivity index (χ1) is 14.0. The number of carbonyl (C=O) groups excluding carboxylic acids is 1. The van der Waals surface area contributed by atoms with Crippen LogP contribution in [0.3, 0.4) is 0 Å². The van der Waals surface area contributed by atoms with Gasteiger partial charge >= 0.3 is 12.6 Å². The number of halogens is 2. The highest BCUT2D eigenvalue weighted by Gasteiger charge is 2.21. The van der Waals surface area contributed by atoms with Crippen molar-refractivity contribution in [3.05, 3.63) is 65.7 Å². The smallest absolute Gasteiger partial charge is 0.387 e. The summed E-state index contributed by atoms with van der Waals surface area (Å²) in [5.41, 5.74) is 1.87. The van der Waals surface area contributed by atoms with Crippen molar-refractivity contribution in [1.82, 2.24) is 15.5 Å². The molecule has 29 heavy (non-hydrogen) atoms. The molecule has 1 aliphatic rings. The number of alkyl halides is 2. The van der Waals surface area contributed by atoms with Gasteiger partial charge in [0.15, 0.2) is 0 Å². The van der Waals surface area contributed by atoms with Crippen LogP contribution in [0.5, 0.6) is 5.75 Å². The first-order valence-electron chi connectivity index (χ1n) is 9.90. The molecule has 1 aliphatic heterocycles. The highest BCUT2D eigenvalue weighted by Crippen LogP contribution is 2.20. The Bertz CT molecular complexity index is 765. The molecule has 0 spiro atoms. The zero-order valence-electron chi connectivity index (χ0n) is 16.5. The maximum atomic E-state index is 12.6. The van der Waals surface area contributed by atoms with Gasteiger partial charge in [-0.05, 0) is 56.1 Å². The van der Waals surface area contributed by atoms with E-state index in [-0.39, 0.29) is 23.9 Å². The van der Waals surface area contributed by atoms with E-state index in [9.17, 15) is 13.6 Å². The highest BCUT2D eigenvalue weighted by atomic mass is 19.3. The number of nitrogens with zero attached hydrogens (tertiary/aromatic N) is 1. The summed E-state index contributed by atoms with van der Waals surface area (Å²) in [7, 11) is 0. The number of benzene rings is 2. The molecule has 2 atom stereocenters. The fourth-order valence-corrected chi connectivity index (χ4v) is 3.56. The van der Waals surface area contributed by atoms with Crippen LogP contribution in [0.25, 0.3) is 0 Å². The van der Waals surface area contributed by atoms with Gasteiger partial charge in [-0.15, -0.1) is 0 Å². The van der Waals surface area contributed by atoms with Gasteiger partial charge in [0.2, 0.25) is 0 Å². The fourth-order valence-electron chi connectivity index (χ4n) is 3.56. The monoisotopic (exact) mass is 403 g/mol. The number of likely N-dealkylation sites (tertiary alicyclic amines) is 1. The summed E-state index contributed by atoms with van der Waals surface area (Å²) in [5, 5.41) is 6.01. The van der Waals surface area contributed by atoms with E-state index in [4.69, 9.17) is 0 Å². The van der Waals surface area contributed by atoms with Gasteiger partial charge in [-0.1, -0.05) is 42.5 Å². The maximum absolute atomic E-state index is 12.6. The van der Waals surface area contributed by atoms with Gasteiger partial charge in [0, 0.05) is 6.54 Å². The third-order valence-corrected chi connectivity index (χ3v) is 5.10. The summed E-state index contributed by atoms with van der Waals surface area (Å²) in [6.45, 7) is 1.87. The Kier molecular flexibility index (Phi) is 7.41. The Balaban J connectivity index is 1.60. The van der Waals surface area contributed by atoms with Crippen LogP contribution in [-0.4, -0.2) is 37.2 Å². The van der Waals surface area contributed by atoms with E-state index in [1.807, 2.05) is 37.3 Å². The number of rotatable bonds is 8. The number of nitrogens with one attached hydrogen (secondary N) is 2. The van der Waals surface area contributed by atoms with Crippen LogP contribution in [0.2, 0.25) is 0 Å². The van der Waals surface area contributed by atoms with E-state index in [0.717, 1.165) is 30.8 Å². The van der Waals surface area contributed by atoms with Crippen LogP contribution in [0.4, 0.5) is 13.6 Å². The minimum absolute atomic E-state index is 0.0927. The third-order valence-electron chi connectivity index (χ3n) is 5.10. The van der Waals surface area contributed by atoms with E-state index in [1.54, 1.807) is 12.1 Å². The summed E-state index contributed by atoms with van der Waals surface area (Å²) >= 11 is 0. The van der Waals surface area contributed by atoms with Crippen molar-refractivity contribution in [2.45, 2.75) is 38.5 Å². The molecule has 0 radical (unpaired) electrons. The molecule has 2 aromatic rings. The van der Waals surface area contributed by atoms with Gasteiger partial charge in [-0.2, -0.15) is 8.78 Å². The van der Waals surface area contributed by atoms with Gasteiger partial charge in [-0.25, -0.2) is 4.79 Å². The lowest BCUT2D eigenvalue weighted by Crippen LogP contribution is -2.43. The lowest BCUT2D eigenvalue weighted by atomic mass is 10.1. The molecule has 1 saturated heterocycles. The van der Waals surface area contributed by atoms with Crippen molar-refractivity contribution in [2.24, 2.45) is 0 Å². The lowest BCUT2D eigenvalue weighted by molar-refractivity contribution is -0.0498. The molecular weight excluding hydrogens is 376 g/mol. The number of ether oxygens (including phenoxy) is 1. The predicted octanol–water partition coefficient (Wildman–Crippen LogP) is 4.49. The summed E-state index contributed by atoms with van der Waals surface area (Å²) < 4.78 is 28.9. The molecule has 156 valence electrons. The standard InChI is InChI=1S/C22H27F2N3O2/c1-16(17-9-11-19(12-10-17)29-21(23)24)25-22(28)26-20(15-27-13-5-6-14-27)18-7-3-2-4-8-18/h2-4,7-12,16,20-21H,5-6,13-15H2,1H3,(H2,25,26,28). The molecule has 1 heterocycles. The van der Waals surface area contributed by atoms with E-state index < -0.39 is 6.61 Å². The normalized spacial score (nSPS) is 16.4. The van der Waals surface area contributed by atoms with Crippen LogP contribution < -0.4 is 15.4 Å². The Morgan fingerprint density at radius 3 is 2.28 bits per heavy atom. The first kappa shape index (κ1) is 21.0. The van der Waals surface area contributed by atoms with Crippen LogP contribution in [0, 0.1) is 0 Å². The number of hydrogen-bond acceptors (Lipinski definition) is 3. The molecule has 5 nitrogen and oxygen atoms in total. The van der Waals surface area contributed by atoms with Crippen molar-refractivity contribution in [2.75, 3.05) is 19.6 Å². The minimum Gasteiger partial charge on any atom is -0.435 e. The molecule has 3 rings (SSSR count). The van der Waals surface area contributed by atoms with Crippen LogP contribution >= 0.6 is 0 Å². The van der Waals surface area contributed by atoms with E-state index >= 15 is 0 Å². The van der Waals surface area contributed by atoms with Crippen molar-refractivity contribution in [3.63, 3.8) is 0 Å². The molecule has 2 unspecified atom stereocenters. The zero-order chi connectivity index (χ0) is 20.6. The highest BCUT2D eigenvalue weighted by molar-refractivity contribution is 5.75. The molecular formula is C22H27F2N3O2. The lowest BCUT2D eigenvalue weighted by Gasteiger charge is -2.26. The number of amides is 2. The molecule has 0 bridgehead atoms. The molecule has 0 aliphatic carbocycles. The number of urea groups is 1. The molecule has 0 saturated carbocycles. The van der Waals surface area contributed by atoms with E-state index in [0.29, 0.717) is 0 Å². The quantitative estimate of drug-likeness (QED) is 0.683. The van der Waals surface area contributed by atoms with Crippen LogP contribution in [0.15, 0.2) is 54.6 Å². The first-order valence-corrected chi connectivity index (χ1v) is 9.90. The van der Waals surface area contributed by atoms with E-state index in [2.05, 4.69) is 20.3 Å². The summed E-state index contributed by atoms with van der Waals surface area (Å²) in [6, 6.07) is 15.6. The molecule has 2 N–H and O–H groups in total. The SMILES string of the molecule is CC(NC(=O)NC(CN1CCCC1)c1ccccc1)c1ccc(OC(F)F)cc1. The van der Waals surface area contributed by atoms with Crippen LogP contribution in [0.1, 0.15) is 43.0 Å². The van der Waals surface area contributed by atoms with Crippen LogP contribution in [-0.2, 0) is 0 Å². The number of hydrogen-bond donors (Lipinski definition) is 2. The topological polar surface area (TPSA) is 53.6 Å². The minimum atomic E-state index is -2.85. The largest absolute Gasteiger partial charge is 0.435 e. The Morgan fingerprint density at radius 2 is 1.66 bits per heavy atom. The second kappa shape index (κ2) is 10.2. The van der Waals surface area contributed by atoms with Gasteiger partial charge in [-0.3, -0.25) is 0 Å². The van der Waals surface area contributed by atoms with Crippen molar-refractivity contribution < 1.29 is 18.3 Å². The molecule has 1 fully saturated rings. The predicted molar refractivity (Wildman–Crippen MR) is 108 cm³/mol. The number of carbonyl (C=O) groups is 1. The van der Waals surface area contributed by atoms with Gasteiger partial charge in [0.1, 0.15) is 5.75 Å². The van der Waals surface area contributed by atoms with Gasteiger partial charge < -0.3 is 20.3 Å². The fraction of sp³-hybridized carbons (Fsp3) is 0.409. The Morgan fingerprint density at radius 1 is 1.00 bits per heavy atom. The zero-order valence-corrected chi connectivity index (χ0v) is 16.5. The van der Waals surface area contributed by atoms with Gasteiger partial charge in [0.05, 0.1) is 12.1 Å². The average molecular weight is 403 g/mol. The van der Waals surface area contributed by atoms with E-state index in [1.165, 1.54) is 25.0 Å². The second-order valence-electron chi connectivity index (χ2n) is 7.26. The third kappa shape index (κ3) is 6.42. The summed E-state index contributed by atoms with van der Waals surface area (Å²) in [4.78, 5) is 15.0. The second-order valence-corrected chi connectivity index (χ2v) is 7.26. The van der Waals surface area contributed by atoms with Crippen molar-refractivity contribution in [3.8, 4) is 5.75 Å². The molecule has 0 aromatic heterocycles. The van der Waals surface area contributed by atoms with Crippen molar-refractivity contribution >= 4 is 6.03 Å². The molecule has 7 heteroatoms. The van der Waals surface area contributed by atoms with Gasteiger partial charge in [0.25, 0.3) is 0 Å². The maximum Gasteiger partial charge on any atom is 0.387 e. The summed E-state index contributed by atoms with van der Waals surface area (Å²) in [6.07, 6.45) is 2.38. The Labute approximate surface area is 170 Å². The molecule has 2 amide bonds. The molecule has 2 aromatic carbocycles. The van der Waals surface area contributed by atoms with Crippen molar-refractivity contribution in [1.29, 1.82) is 0 Å². The average Bonchev–Trinajstić information content (AvgIpc) is 3.21.